The third-order valence-electron chi connectivity index (χ3n) is 5.89. The molecule has 194 valence electrons. The van der Waals surface area contributed by atoms with Gasteiger partial charge in [0.25, 0.3) is 5.91 Å². The second-order valence-corrected chi connectivity index (χ2v) is 9.66. The van der Waals surface area contributed by atoms with Gasteiger partial charge >= 0.3 is 0 Å². The first-order valence-corrected chi connectivity index (χ1v) is 12.6. The molecule has 9 heteroatoms. The third-order valence-corrected chi connectivity index (χ3v) is 6.18. The Morgan fingerprint density at radius 3 is 2.41 bits per heavy atom. The molecule has 0 spiro atoms. The minimum absolute atomic E-state index is 0.0491. The van der Waals surface area contributed by atoms with Crippen LogP contribution >= 0.6 is 11.6 Å². The average Bonchev–Trinajstić information content (AvgIpc) is 2.91. The number of carbonyl (C=O) groups excluding carboxylic acids is 1. The van der Waals surface area contributed by atoms with Gasteiger partial charge in [-0.25, -0.2) is 4.99 Å². The summed E-state index contributed by atoms with van der Waals surface area (Å²) in [6.07, 6.45) is 1.17. The van der Waals surface area contributed by atoms with Crippen LogP contribution in [0.25, 0.3) is 0 Å². The van der Waals surface area contributed by atoms with E-state index in [9.17, 15) is 4.79 Å². The van der Waals surface area contributed by atoms with E-state index in [1.165, 1.54) is 16.9 Å². The molecular weight excluding hydrogens is 486 g/mol. The number of amides is 1. The van der Waals surface area contributed by atoms with Crippen LogP contribution < -0.4 is 16.1 Å². The Bertz CT molecular complexity index is 1160. The highest BCUT2D eigenvalue weighted by Gasteiger charge is 2.21. The normalized spacial score (nSPS) is 14.8. The zero-order chi connectivity index (χ0) is 26.8. The van der Waals surface area contributed by atoms with Gasteiger partial charge in [-0.15, -0.1) is 0 Å². The van der Waals surface area contributed by atoms with E-state index in [2.05, 4.69) is 51.1 Å². The van der Waals surface area contributed by atoms with E-state index in [4.69, 9.17) is 22.6 Å². The number of nitriles is 1. The van der Waals surface area contributed by atoms with Gasteiger partial charge in [-0.2, -0.15) is 5.26 Å². The molecule has 3 N–H and O–H groups in total. The third kappa shape index (κ3) is 8.10. The number of nitrogens with two attached hydrogens (primary N) is 1. The molecule has 3 rings (SSSR count). The number of anilines is 1. The first-order valence-electron chi connectivity index (χ1n) is 12.3. The van der Waals surface area contributed by atoms with Crippen LogP contribution in [0.5, 0.6) is 0 Å². The van der Waals surface area contributed by atoms with Crippen molar-refractivity contribution in [2.45, 2.75) is 20.4 Å². The van der Waals surface area contributed by atoms with Crippen LogP contribution in [0.1, 0.15) is 29.8 Å². The molecule has 0 radical (unpaired) electrons. The second kappa shape index (κ2) is 13.5. The number of hydrazine groups is 1. The highest BCUT2D eigenvalue weighted by Crippen LogP contribution is 2.17. The maximum absolute atomic E-state index is 13.1. The smallest absolute Gasteiger partial charge is 0.269 e. The van der Waals surface area contributed by atoms with Gasteiger partial charge in [0.15, 0.2) is 5.84 Å². The molecule has 0 bridgehead atoms. The maximum Gasteiger partial charge on any atom is 0.269 e. The number of para-hydroxylation sites is 1. The molecular formula is C28H34ClN7O. The zero-order valence-electron chi connectivity index (χ0n) is 21.4. The summed E-state index contributed by atoms with van der Waals surface area (Å²) < 4.78 is 0. The van der Waals surface area contributed by atoms with Gasteiger partial charge in [0.05, 0.1) is 0 Å². The molecule has 0 atom stereocenters. The second-order valence-electron chi connectivity index (χ2n) is 9.25. The summed E-state index contributed by atoms with van der Waals surface area (Å²) in [7, 11) is 0. The van der Waals surface area contributed by atoms with Gasteiger partial charge in [0, 0.05) is 56.7 Å². The molecule has 0 unspecified atom stereocenters. The standard InChI is InChI=1S/C28H34ClN7O/c1-21(2)19-36(27(26(29)18-31)32-22(3)17-30)33-28(37)24-11-9-23(10-12-24)20-34-13-15-35(16-14-34)25-7-5-4-6-8-25/h4-12,18,21H,3,13-16,19-20,31H2,1-2H3,(H,33,37)/b26-18+,32-27?. The summed E-state index contributed by atoms with van der Waals surface area (Å²) in [6, 6.07) is 19.9. The van der Waals surface area contributed by atoms with Crippen LogP contribution in [0, 0.1) is 17.2 Å². The van der Waals surface area contributed by atoms with Crippen molar-refractivity contribution < 1.29 is 4.79 Å². The highest BCUT2D eigenvalue weighted by molar-refractivity contribution is 6.43. The zero-order valence-corrected chi connectivity index (χ0v) is 22.2. The number of nitrogens with zero attached hydrogens (tertiary/aromatic N) is 5. The van der Waals surface area contributed by atoms with Crippen molar-refractivity contribution in [2.24, 2.45) is 16.6 Å². The predicted octanol–water partition coefficient (Wildman–Crippen LogP) is 4.09. The minimum Gasteiger partial charge on any atom is -0.403 e. The van der Waals surface area contributed by atoms with E-state index >= 15 is 0 Å². The Kier molecular flexibility index (Phi) is 10.1. The quantitative estimate of drug-likeness (QED) is 0.236. The number of rotatable bonds is 8. The molecule has 1 heterocycles. The number of benzene rings is 2. The number of amidine groups is 1. The van der Waals surface area contributed by atoms with Crippen molar-refractivity contribution >= 4 is 29.0 Å². The molecule has 2 aromatic rings. The Morgan fingerprint density at radius 2 is 1.84 bits per heavy atom. The molecule has 0 aliphatic carbocycles. The van der Waals surface area contributed by atoms with Gasteiger partial charge in [-0.05, 0) is 35.7 Å². The number of nitrogens with one attached hydrogen (secondary N) is 1. The number of piperazine rings is 1. The number of hydrogen-bond acceptors (Lipinski definition) is 6. The van der Waals surface area contributed by atoms with Gasteiger partial charge < -0.3 is 10.6 Å². The van der Waals surface area contributed by atoms with Crippen molar-refractivity contribution in [2.75, 3.05) is 37.6 Å². The van der Waals surface area contributed by atoms with Crippen molar-refractivity contribution in [1.29, 1.82) is 5.26 Å². The molecule has 37 heavy (non-hydrogen) atoms. The van der Waals surface area contributed by atoms with Gasteiger partial charge in [-0.1, -0.05) is 62.4 Å². The van der Waals surface area contributed by atoms with Crippen molar-refractivity contribution in [3.63, 3.8) is 0 Å². The lowest BCUT2D eigenvalue weighted by atomic mass is 10.1. The van der Waals surface area contributed by atoms with E-state index < -0.39 is 0 Å². The minimum atomic E-state index is -0.319. The lowest BCUT2D eigenvalue weighted by molar-refractivity contribution is 0.0862. The fourth-order valence-corrected chi connectivity index (χ4v) is 4.17. The van der Waals surface area contributed by atoms with Crippen LogP contribution in [0.4, 0.5) is 5.69 Å². The number of halogens is 1. The van der Waals surface area contributed by atoms with E-state index in [1.807, 2.05) is 50.2 Å². The lowest BCUT2D eigenvalue weighted by Crippen LogP contribution is -2.48. The molecule has 0 aromatic heterocycles. The molecule has 8 nitrogen and oxygen atoms in total. The first-order chi connectivity index (χ1) is 17.8. The van der Waals surface area contributed by atoms with E-state index in [0.29, 0.717) is 12.1 Å². The Labute approximate surface area is 224 Å². The SMILES string of the molecule is C=C(C#N)N=C(/C(Cl)=C\N)N(CC(C)C)NC(=O)c1ccc(CN2CCN(c3ccccc3)CC2)cc1. The fourth-order valence-electron chi connectivity index (χ4n) is 4.03. The van der Waals surface area contributed by atoms with Crippen LogP contribution in [-0.4, -0.2) is 54.4 Å². The van der Waals surface area contributed by atoms with E-state index in [-0.39, 0.29) is 28.4 Å². The predicted molar refractivity (Wildman–Crippen MR) is 150 cm³/mol. The molecule has 1 amide bonds. The van der Waals surface area contributed by atoms with Crippen molar-refractivity contribution in [3.8, 4) is 6.07 Å². The van der Waals surface area contributed by atoms with Crippen molar-refractivity contribution in [3.05, 3.63) is 89.2 Å². The molecule has 0 saturated carbocycles. The Balaban J connectivity index is 1.63. The molecule has 1 aliphatic rings. The van der Waals surface area contributed by atoms with Crippen LogP contribution in [0.3, 0.4) is 0 Å². The van der Waals surface area contributed by atoms with Gasteiger partial charge in [0.1, 0.15) is 16.8 Å². The van der Waals surface area contributed by atoms with Crippen LogP contribution in [-0.2, 0) is 6.54 Å². The maximum atomic E-state index is 13.1. The largest absolute Gasteiger partial charge is 0.403 e. The van der Waals surface area contributed by atoms with Crippen molar-refractivity contribution in [1.82, 2.24) is 15.3 Å². The summed E-state index contributed by atoms with van der Waals surface area (Å²) in [6.45, 7) is 12.7. The average molecular weight is 520 g/mol. The number of aliphatic imine (C=N–C) groups is 1. The van der Waals surface area contributed by atoms with Crippen LogP contribution in [0.15, 0.2) is 83.1 Å². The Morgan fingerprint density at radius 1 is 1.19 bits per heavy atom. The van der Waals surface area contributed by atoms with Crippen LogP contribution in [0.2, 0.25) is 0 Å². The summed E-state index contributed by atoms with van der Waals surface area (Å²) >= 11 is 6.25. The lowest BCUT2D eigenvalue weighted by Gasteiger charge is -2.36. The van der Waals surface area contributed by atoms with Gasteiger partial charge in [-0.3, -0.25) is 20.1 Å². The molecule has 1 saturated heterocycles. The summed E-state index contributed by atoms with van der Waals surface area (Å²) in [5, 5.41) is 10.7. The molecule has 1 fully saturated rings. The monoisotopic (exact) mass is 519 g/mol. The van der Waals surface area contributed by atoms with Gasteiger partial charge in [0.2, 0.25) is 0 Å². The number of carbonyl (C=O) groups is 1. The first kappa shape index (κ1) is 27.8. The number of hydrogen-bond donors (Lipinski definition) is 2. The van der Waals surface area contributed by atoms with E-state index in [1.54, 1.807) is 0 Å². The summed E-state index contributed by atoms with van der Waals surface area (Å²) in [5.41, 5.74) is 11.3. The summed E-state index contributed by atoms with van der Waals surface area (Å²) in [4.78, 5) is 22.1. The fraction of sp³-hybridized carbons (Fsp3) is 0.321. The van der Waals surface area contributed by atoms with E-state index in [0.717, 1.165) is 38.3 Å². The highest BCUT2D eigenvalue weighted by atomic mass is 35.5. The number of allylic oxidation sites excluding steroid dienone is 1. The topological polar surface area (TPSA) is 101 Å². The molecule has 1 aliphatic heterocycles. The summed E-state index contributed by atoms with van der Waals surface area (Å²) in [5.74, 6) is -0.00251. The Hall–Kier alpha value is -3.80. The molecule has 2 aromatic carbocycles.